The van der Waals surface area contributed by atoms with Crippen molar-refractivity contribution in [3.8, 4) is 5.75 Å². The highest BCUT2D eigenvalue weighted by Gasteiger charge is 2.10. The largest absolute Gasteiger partial charge is 0.495 e. The molecule has 0 amide bonds. The summed E-state index contributed by atoms with van der Waals surface area (Å²) in [6, 6.07) is 8.40. The molecular formula is C14H14N2O3. The minimum Gasteiger partial charge on any atom is -0.495 e. The SMILES string of the molecule is COc1ccc(C(=O)OCc2cccnc2)cc1N. The average Bonchev–Trinajstić information content (AvgIpc) is 2.45. The average molecular weight is 258 g/mol. The zero-order valence-corrected chi connectivity index (χ0v) is 10.5. The molecule has 0 radical (unpaired) electrons. The highest BCUT2D eigenvalue weighted by Crippen LogP contribution is 2.22. The molecular weight excluding hydrogens is 244 g/mol. The van der Waals surface area contributed by atoms with Crippen molar-refractivity contribution in [2.45, 2.75) is 6.61 Å². The Balaban J connectivity index is 2.02. The van der Waals surface area contributed by atoms with Crippen molar-refractivity contribution >= 4 is 11.7 Å². The molecule has 2 rings (SSSR count). The van der Waals surface area contributed by atoms with Gasteiger partial charge in [-0.2, -0.15) is 0 Å². The Hall–Kier alpha value is -2.56. The van der Waals surface area contributed by atoms with E-state index in [0.717, 1.165) is 5.56 Å². The number of nitrogen functional groups attached to an aromatic ring is 1. The van der Waals surface area contributed by atoms with Crippen LogP contribution in [0.5, 0.6) is 5.75 Å². The lowest BCUT2D eigenvalue weighted by Crippen LogP contribution is -2.06. The van der Waals surface area contributed by atoms with Crippen molar-refractivity contribution in [2.24, 2.45) is 0 Å². The minimum absolute atomic E-state index is 0.179. The maximum atomic E-state index is 11.8. The number of carbonyl (C=O) groups is 1. The van der Waals surface area contributed by atoms with E-state index in [1.807, 2.05) is 6.07 Å². The molecule has 0 atom stereocenters. The van der Waals surface area contributed by atoms with Gasteiger partial charge in [-0.1, -0.05) is 6.07 Å². The first kappa shape index (κ1) is 12.9. The number of ether oxygens (including phenoxy) is 2. The summed E-state index contributed by atoms with van der Waals surface area (Å²) in [7, 11) is 1.52. The van der Waals surface area contributed by atoms with Gasteiger partial charge in [0.15, 0.2) is 0 Å². The predicted octanol–water partition coefficient (Wildman–Crippen LogP) is 2.03. The number of pyridine rings is 1. The molecule has 0 saturated heterocycles. The van der Waals surface area contributed by atoms with E-state index in [1.54, 1.807) is 30.6 Å². The first-order valence-corrected chi connectivity index (χ1v) is 5.70. The van der Waals surface area contributed by atoms with Gasteiger partial charge in [0.05, 0.1) is 18.4 Å². The van der Waals surface area contributed by atoms with Crippen molar-refractivity contribution in [1.82, 2.24) is 4.98 Å². The third kappa shape index (κ3) is 3.22. The van der Waals surface area contributed by atoms with Crippen LogP contribution in [0.3, 0.4) is 0 Å². The van der Waals surface area contributed by atoms with Crippen LogP contribution in [0.4, 0.5) is 5.69 Å². The molecule has 1 aromatic heterocycles. The van der Waals surface area contributed by atoms with Gasteiger partial charge in [-0.05, 0) is 24.3 Å². The fourth-order valence-corrected chi connectivity index (χ4v) is 1.58. The van der Waals surface area contributed by atoms with Crippen molar-refractivity contribution in [3.63, 3.8) is 0 Å². The van der Waals surface area contributed by atoms with Crippen LogP contribution in [-0.4, -0.2) is 18.1 Å². The van der Waals surface area contributed by atoms with Gasteiger partial charge in [0, 0.05) is 18.0 Å². The normalized spacial score (nSPS) is 9.95. The second kappa shape index (κ2) is 5.86. The molecule has 0 spiro atoms. The number of carbonyl (C=O) groups excluding carboxylic acids is 1. The van der Waals surface area contributed by atoms with Gasteiger partial charge in [-0.15, -0.1) is 0 Å². The van der Waals surface area contributed by atoms with Crippen LogP contribution in [0.1, 0.15) is 15.9 Å². The van der Waals surface area contributed by atoms with E-state index in [1.165, 1.54) is 13.2 Å². The lowest BCUT2D eigenvalue weighted by molar-refractivity contribution is 0.0472. The molecule has 0 fully saturated rings. The van der Waals surface area contributed by atoms with Gasteiger partial charge in [-0.3, -0.25) is 4.98 Å². The maximum absolute atomic E-state index is 11.8. The molecule has 1 aromatic carbocycles. The summed E-state index contributed by atoms with van der Waals surface area (Å²) < 4.78 is 10.2. The van der Waals surface area contributed by atoms with E-state index in [4.69, 9.17) is 15.2 Å². The van der Waals surface area contributed by atoms with Crippen LogP contribution < -0.4 is 10.5 Å². The molecule has 0 unspecified atom stereocenters. The van der Waals surface area contributed by atoms with Crippen molar-refractivity contribution in [1.29, 1.82) is 0 Å². The number of hydrogen-bond donors (Lipinski definition) is 1. The third-order valence-electron chi connectivity index (χ3n) is 2.56. The number of aromatic nitrogens is 1. The van der Waals surface area contributed by atoms with Crippen LogP contribution in [0.2, 0.25) is 0 Å². The summed E-state index contributed by atoms with van der Waals surface area (Å²) >= 11 is 0. The number of nitrogens with zero attached hydrogens (tertiary/aromatic N) is 1. The fraction of sp³-hybridized carbons (Fsp3) is 0.143. The molecule has 0 aliphatic heterocycles. The Labute approximate surface area is 111 Å². The van der Waals surface area contributed by atoms with Crippen LogP contribution in [0.25, 0.3) is 0 Å². The summed E-state index contributed by atoms with van der Waals surface area (Å²) in [5, 5.41) is 0. The number of esters is 1. The Kier molecular flexibility index (Phi) is 3.97. The Bertz CT molecular complexity index is 570. The Morgan fingerprint density at radius 2 is 2.21 bits per heavy atom. The summed E-state index contributed by atoms with van der Waals surface area (Å²) in [6.45, 7) is 0.179. The Morgan fingerprint density at radius 1 is 1.37 bits per heavy atom. The quantitative estimate of drug-likeness (QED) is 0.671. The smallest absolute Gasteiger partial charge is 0.338 e. The number of nitrogens with two attached hydrogens (primary N) is 1. The van der Waals surface area contributed by atoms with Gasteiger partial charge in [-0.25, -0.2) is 4.79 Å². The number of benzene rings is 1. The second-order valence-electron chi connectivity index (χ2n) is 3.89. The highest BCUT2D eigenvalue weighted by atomic mass is 16.5. The predicted molar refractivity (Wildman–Crippen MR) is 70.8 cm³/mol. The molecule has 2 aromatic rings. The molecule has 98 valence electrons. The topological polar surface area (TPSA) is 74.4 Å². The highest BCUT2D eigenvalue weighted by molar-refractivity contribution is 5.91. The molecule has 2 N–H and O–H groups in total. The van der Waals surface area contributed by atoms with E-state index in [2.05, 4.69) is 4.98 Å². The summed E-state index contributed by atoms with van der Waals surface area (Å²) in [6.07, 6.45) is 3.31. The first-order chi connectivity index (χ1) is 9.20. The van der Waals surface area contributed by atoms with E-state index in [0.29, 0.717) is 17.0 Å². The Morgan fingerprint density at radius 3 is 2.84 bits per heavy atom. The van der Waals surface area contributed by atoms with Crippen LogP contribution in [0.15, 0.2) is 42.7 Å². The molecule has 0 saturated carbocycles. The fourth-order valence-electron chi connectivity index (χ4n) is 1.58. The van der Waals surface area contributed by atoms with Crippen LogP contribution in [0, 0.1) is 0 Å². The monoisotopic (exact) mass is 258 g/mol. The van der Waals surface area contributed by atoms with Gasteiger partial charge >= 0.3 is 5.97 Å². The first-order valence-electron chi connectivity index (χ1n) is 5.70. The molecule has 5 heteroatoms. The van der Waals surface area contributed by atoms with E-state index < -0.39 is 5.97 Å². The summed E-state index contributed by atoms with van der Waals surface area (Å²) in [4.78, 5) is 15.8. The van der Waals surface area contributed by atoms with Gasteiger partial charge in [0.2, 0.25) is 0 Å². The van der Waals surface area contributed by atoms with Crippen LogP contribution in [-0.2, 0) is 11.3 Å². The third-order valence-corrected chi connectivity index (χ3v) is 2.56. The van der Waals surface area contributed by atoms with Crippen LogP contribution >= 0.6 is 0 Å². The van der Waals surface area contributed by atoms with Crippen molar-refractivity contribution < 1.29 is 14.3 Å². The zero-order chi connectivity index (χ0) is 13.7. The van der Waals surface area contributed by atoms with Gasteiger partial charge in [0.25, 0.3) is 0 Å². The number of anilines is 1. The molecule has 0 aliphatic rings. The zero-order valence-electron chi connectivity index (χ0n) is 10.5. The van der Waals surface area contributed by atoms with E-state index >= 15 is 0 Å². The molecule has 0 aliphatic carbocycles. The maximum Gasteiger partial charge on any atom is 0.338 e. The molecule has 19 heavy (non-hydrogen) atoms. The standard InChI is InChI=1S/C14H14N2O3/c1-18-13-5-4-11(7-12(13)15)14(17)19-9-10-3-2-6-16-8-10/h2-8H,9,15H2,1H3. The summed E-state index contributed by atoms with van der Waals surface area (Å²) in [5.74, 6) is 0.0991. The molecule has 5 nitrogen and oxygen atoms in total. The molecule has 0 bridgehead atoms. The van der Waals surface area contributed by atoms with Gasteiger partial charge in [0.1, 0.15) is 12.4 Å². The van der Waals surface area contributed by atoms with Crippen molar-refractivity contribution in [3.05, 3.63) is 53.9 Å². The minimum atomic E-state index is -0.432. The second-order valence-corrected chi connectivity index (χ2v) is 3.89. The lowest BCUT2D eigenvalue weighted by Gasteiger charge is -2.07. The number of hydrogen-bond acceptors (Lipinski definition) is 5. The van der Waals surface area contributed by atoms with E-state index in [-0.39, 0.29) is 6.61 Å². The van der Waals surface area contributed by atoms with Gasteiger partial charge < -0.3 is 15.2 Å². The molecule has 1 heterocycles. The number of methoxy groups -OCH3 is 1. The lowest BCUT2D eigenvalue weighted by atomic mass is 10.2. The summed E-state index contributed by atoms with van der Waals surface area (Å²) in [5.41, 5.74) is 7.36. The van der Waals surface area contributed by atoms with E-state index in [9.17, 15) is 4.79 Å². The number of rotatable bonds is 4. The van der Waals surface area contributed by atoms with Crippen molar-refractivity contribution in [2.75, 3.05) is 12.8 Å².